The lowest BCUT2D eigenvalue weighted by molar-refractivity contribution is 0.708. The fourth-order valence-electron chi connectivity index (χ4n) is 2.52. The van der Waals surface area contributed by atoms with E-state index in [0.29, 0.717) is 11.1 Å². The number of rotatable bonds is 1. The lowest BCUT2D eigenvalue weighted by Gasteiger charge is -2.13. The van der Waals surface area contributed by atoms with Crippen molar-refractivity contribution in [2.24, 2.45) is 14.1 Å². The third kappa shape index (κ3) is 1.98. The highest BCUT2D eigenvalue weighted by Crippen LogP contribution is 2.30. The van der Waals surface area contributed by atoms with Crippen LogP contribution in [0.5, 0.6) is 0 Å². The van der Waals surface area contributed by atoms with Crippen molar-refractivity contribution in [1.82, 2.24) is 19.1 Å². The quantitative estimate of drug-likeness (QED) is 0.683. The highest BCUT2D eigenvalue weighted by molar-refractivity contribution is 5.97. The maximum atomic E-state index is 12.6. The minimum absolute atomic E-state index is 0.0397. The smallest absolute Gasteiger partial charge is 0.332 e. The van der Waals surface area contributed by atoms with E-state index in [4.69, 9.17) is 5.73 Å². The van der Waals surface area contributed by atoms with Crippen LogP contribution in [-0.4, -0.2) is 19.1 Å². The summed E-state index contributed by atoms with van der Waals surface area (Å²) < 4.78 is 2.20. The number of nitrogens with two attached hydrogens (primary N) is 1. The van der Waals surface area contributed by atoms with Crippen LogP contribution in [0.2, 0.25) is 0 Å². The van der Waals surface area contributed by atoms with Crippen molar-refractivity contribution in [3.05, 3.63) is 50.9 Å². The number of nitrogen functional groups attached to an aromatic ring is 1. The second-order valence-corrected chi connectivity index (χ2v) is 5.00. The standard InChI is InChI=1S/C15H12N6O2/c1-20-13-11(14(22)21(2)15(20)23)10(8-4-3-5-18-7-8)9(6-16)12(17)19-13/h3-5,7H,1-2H3,(H2,17,19). The van der Waals surface area contributed by atoms with E-state index in [0.717, 1.165) is 4.57 Å². The maximum absolute atomic E-state index is 12.6. The van der Waals surface area contributed by atoms with Gasteiger partial charge in [0.25, 0.3) is 5.56 Å². The van der Waals surface area contributed by atoms with Gasteiger partial charge in [-0.25, -0.2) is 9.78 Å². The Morgan fingerprint density at radius 3 is 2.61 bits per heavy atom. The zero-order valence-corrected chi connectivity index (χ0v) is 12.4. The normalized spacial score (nSPS) is 10.7. The van der Waals surface area contributed by atoms with Crippen molar-refractivity contribution in [3.63, 3.8) is 0 Å². The summed E-state index contributed by atoms with van der Waals surface area (Å²) in [5, 5.41) is 9.60. The van der Waals surface area contributed by atoms with Gasteiger partial charge in [0.05, 0.1) is 5.39 Å². The Balaban J connectivity index is 2.69. The fraction of sp³-hybridized carbons (Fsp3) is 0.133. The molecular weight excluding hydrogens is 296 g/mol. The van der Waals surface area contributed by atoms with Gasteiger partial charge in [0.2, 0.25) is 0 Å². The maximum Gasteiger partial charge on any atom is 0.332 e. The van der Waals surface area contributed by atoms with Gasteiger partial charge in [-0.15, -0.1) is 0 Å². The topological polar surface area (TPSA) is 120 Å². The SMILES string of the molecule is Cn1c(=O)c2c(-c3cccnc3)c(C#N)c(N)nc2n(C)c1=O. The molecule has 0 saturated carbocycles. The molecule has 0 saturated heterocycles. The fourth-order valence-corrected chi connectivity index (χ4v) is 2.52. The van der Waals surface area contributed by atoms with Crippen LogP contribution in [0.1, 0.15) is 5.56 Å². The molecule has 0 amide bonds. The number of fused-ring (bicyclic) bond motifs is 1. The molecule has 0 aliphatic rings. The zero-order valence-electron chi connectivity index (χ0n) is 12.4. The van der Waals surface area contributed by atoms with Gasteiger partial charge >= 0.3 is 5.69 Å². The van der Waals surface area contributed by atoms with Crippen molar-refractivity contribution < 1.29 is 0 Å². The van der Waals surface area contributed by atoms with Crippen LogP contribution in [0.25, 0.3) is 22.2 Å². The van der Waals surface area contributed by atoms with Crippen LogP contribution in [-0.2, 0) is 14.1 Å². The van der Waals surface area contributed by atoms with Crippen molar-refractivity contribution >= 4 is 16.9 Å². The summed E-state index contributed by atoms with van der Waals surface area (Å²) in [5.41, 5.74) is 5.92. The van der Waals surface area contributed by atoms with Gasteiger partial charge in [0.15, 0.2) is 5.65 Å². The van der Waals surface area contributed by atoms with Crippen LogP contribution in [0.15, 0.2) is 34.1 Å². The molecule has 0 aliphatic carbocycles. The van der Waals surface area contributed by atoms with Gasteiger partial charge in [-0.1, -0.05) is 6.07 Å². The monoisotopic (exact) mass is 308 g/mol. The molecule has 0 spiro atoms. The Bertz CT molecular complexity index is 1090. The van der Waals surface area contributed by atoms with Gasteiger partial charge in [0.1, 0.15) is 17.5 Å². The molecule has 0 bridgehead atoms. The minimum Gasteiger partial charge on any atom is -0.383 e. The molecule has 0 atom stereocenters. The molecule has 3 heterocycles. The van der Waals surface area contributed by atoms with Crippen LogP contribution in [0.3, 0.4) is 0 Å². The molecule has 3 aromatic rings. The second-order valence-electron chi connectivity index (χ2n) is 5.00. The highest BCUT2D eigenvalue weighted by atomic mass is 16.2. The zero-order chi connectivity index (χ0) is 16.7. The molecule has 3 aromatic heterocycles. The van der Waals surface area contributed by atoms with Crippen molar-refractivity contribution in [3.8, 4) is 17.2 Å². The van der Waals surface area contributed by atoms with E-state index in [9.17, 15) is 14.9 Å². The Kier molecular flexibility index (Phi) is 3.19. The van der Waals surface area contributed by atoms with Gasteiger partial charge < -0.3 is 5.73 Å². The van der Waals surface area contributed by atoms with E-state index in [1.807, 2.05) is 6.07 Å². The molecule has 3 rings (SSSR count). The number of pyridine rings is 2. The van der Waals surface area contributed by atoms with E-state index < -0.39 is 11.2 Å². The number of anilines is 1. The molecule has 23 heavy (non-hydrogen) atoms. The molecule has 0 fully saturated rings. The lowest BCUT2D eigenvalue weighted by Crippen LogP contribution is -2.37. The Labute approximate surface area is 130 Å². The molecule has 114 valence electrons. The Hall–Kier alpha value is -3.47. The van der Waals surface area contributed by atoms with E-state index in [-0.39, 0.29) is 22.4 Å². The van der Waals surface area contributed by atoms with Crippen LogP contribution < -0.4 is 17.0 Å². The number of aromatic nitrogens is 4. The molecule has 0 aliphatic heterocycles. The Morgan fingerprint density at radius 2 is 2.00 bits per heavy atom. The van der Waals surface area contributed by atoms with Crippen molar-refractivity contribution in [1.29, 1.82) is 5.26 Å². The second kappa shape index (κ2) is 5.06. The summed E-state index contributed by atoms with van der Waals surface area (Å²) >= 11 is 0. The first kappa shape index (κ1) is 14.5. The Morgan fingerprint density at radius 1 is 1.26 bits per heavy atom. The van der Waals surface area contributed by atoms with Crippen molar-refractivity contribution in [2.75, 3.05) is 5.73 Å². The minimum atomic E-state index is -0.536. The number of nitriles is 1. The number of hydrogen-bond donors (Lipinski definition) is 1. The van der Waals surface area contributed by atoms with E-state index in [2.05, 4.69) is 9.97 Å². The molecule has 2 N–H and O–H groups in total. The summed E-state index contributed by atoms with van der Waals surface area (Å²) in [7, 11) is 2.87. The summed E-state index contributed by atoms with van der Waals surface area (Å²) in [4.78, 5) is 32.8. The molecule has 0 unspecified atom stereocenters. The first-order valence-electron chi connectivity index (χ1n) is 6.67. The highest BCUT2D eigenvalue weighted by Gasteiger charge is 2.21. The van der Waals surface area contributed by atoms with Gasteiger partial charge in [0, 0.05) is 37.6 Å². The molecule has 0 radical (unpaired) electrons. The van der Waals surface area contributed by atoms with Gasteiger partial charge in [-0.3, -0.25) is 18.9 Å². The number of hydrogen-bond acceptors (Lipinski definition) is 6. The third-order valence-electron chi connectivity index (χ3n) is 3.68. The van der Waals surface area contributed by atoms with E-state index >= 15 is 0 Å². The largest absolute Gasteiger partial charge is 0.383 e. The molecule has 0 aromatic carbocycles. The predicted octanol–water partition coefficient (Wildman–Crippen LogP) is 0.148. The number of nitrogens with zero attached hydrogens (tertiary/aromatic N) is 5. The molecule has 8 nitrogen and oxygen atoms in total. The van der Waals surface area contributed by atoms with Gasteiger partial charge in [-0.2, -0.15) is 5.26 Å². The van der Waals surface area contributed by atoms with Gasteiger partial charge in [-0.05, 0) is 6.07 Å². The average Bonchev–Trinajstić information content (AvgIpc) is 2.57. The summed E-state index contributed by atoms with van der Waals surface area (Å²) in [6.45, 7) is 0. The lowest BCUT2D eigenvalue weighted by atomic mass is 9.99. The van der Waals surface area contributed by atoms with Crippen LogP contribution in [0, 0.1) is 11.3 Å². The molecular formula is C15H12N6O2. The van der Waals surface area contributed by atoms with Crippen molar-refractivity contribution in [2.45, 2.75) is 0 Å². The third-order valence-corrected chi connectivity index (χ3v) is 3.68. The van der Waals surface area contributed by atoms with Crippen LogP contribution in [0.4, 0.5) is 5.82 Å². The first-order chi connectivity index (χ1) is 11.0. The van der Waals surface area contributed by atoms with Crippen LogP contribution >= 0.6 is 0 Å². The predicted molar refractivity (Wildman–Crippen MR) is 84.6 cm³/mol. The molecule has 8 heteroatoms. The van der Waals surface area contributed by atoms with E-state index in [1.165, 1.54) is 24.9 Å². The van der Waals surface area contributed by atoms with E-state index in [1.54, 1.807) is 18.3 Å². The summed E-state index contributed by atoms with van der Waals surface area (Å²) in [6, 6.07) is 5.39. The summed E-state index contributed by atoms with van der Waals surface area (Å²) in [5.74, 6) is -0.0397. The first-order valence-corrected chi connectivity index (χ1v) is 6.67. The average molecular weight is 308 g/mol. The summed E-state index contributed by atoms with van der Waals surface area (Å²) in [6.07, 6.45) is 3.11. The number of aryl methyl sites for hydroxylation is 1.